The summed E-state index contributed by atoms with van der Waals surface area (Å²) in [6.45, 7) is 0.660. The van der Waals surface area contributed by atoms with Gasteiger partial charge in [-0.2, -0.15) is 0 Å². The Hall–Kier alpha value is -1.40. The number of nitrogens with zero attached hydrogens (tertiary/aromatic N) is 1. The summed E-state index contributed by atoms with van der Waals surface area (Å²) >= 11 is 4.86. The fourth-order valence-corrected chi connectivity index (χ4v) is 3.90. The molecule has 0 aliphatic carbocycles. The van der Waals surface area contributed by atoms with Gasteiger partial charge in [0.1, 0.15) is 5.69 Å². The number of carbonyl (C=O) groups excluding carboxylic acids is 2. The van der Waals surface area contributed by atoms with E-state index in [2.05, 4.69) is 15.9 Å². The molecule has 2 aromatic rings. The molecular formula is C14H12BrNO3S. The van der Waals surface area contributed by atoms with Crippen LogP contribution in [0.15, 0.2) is 28.1 Å². The average Bonchev–Trinajstić information content (AvgIpc) is 3.12. The minimum Gasteiger partial charge on any atom is -0.469 e. The summed E-state index contributed by atoms with van der Waals surface area (Å²) in [4.78, 5) is 25.0. The van der Waals surface area contributed by atoms with Gasteiger partial charge in [-0.15, -0.1) is 11.3 Å². The molecule has 0 saturated carbocycles. The predicted molar refractivity (Wildman–Crippen MR) is 79.3 cm³/mol. The first-order valence-corrected chi connectivity index (χ1v) is 7.85. The quantitative estimate of drug-likeness (QED) is 0.628. The lowest BCUT2D eigenvalue weighted by molar-refractivity contribution is -0.142. The first-order chi connectivity index (χ1) is 9.63. The van der Waals surface area contributed by atoms with E-state index >= 15 is 0 Å². The second-order valence-corrected chi connectivity index (χ2v) is 6.39. The molecule has 6 heteroatoms. The number of hydrogen-bond acceptors (Lipinski definition) is 4. The topological polar surface area (TPSA) is 48.3 Å². The Morgan fingerprint density at radius 2 is 2.30 bits per heavy atom. The van der Waals surface area contributed by atoms with E-state index in [1.165, 1.54) is 18.4 Å². The molecule has 1 aliphatic rings. The van der Waals surface area contributed by atoms with Gasteiger partial charge in [-0.3, -0.25) is 9.59 Å². The van der Waals surface area contributed by atoms with Gasteiger partial charge in [0.2, 0.25) is 5.78 Å². The zero-order valence-corrected chi connectivity index (χ0v) is 13.2. The van der Waals surface area contributed by atoms with Gasteiger partial charge < -0.3 is 9.30 Å². The molecule has 3 rings (SSSR count). The van der Waals surface area contributed by atoms with E-state index in [9.17, 15) is 9.59 Å². The maximum atomic E-state index is 12.5. The molecule has 3 heterocycles. The third-order valence-corrected chi connectivity index (χ3v) is 5.00. The summed E-state index contributed by atoms with van der Waals surface area (Å²) in [5, 5.41) is 1.88. The van der Waals surface area contributed by atoms with Crippen molar-refractivity contribution in [2.45, 2.75) is 18.9 Å². The summed E-state index contributed by atoms with van der Waals surface area (Å²) in [6.07, 6.45) is 0.681. The molecule has 1 unspecified atom stereocenters. The van der Waals surface area contributed by atoms with E-state index in [1.54, 1.807) is 0 Å². The van der Waals surface area contributed by atoms with Crippen LogP contribution in [0, 0.1) is 0 Å². The Bertz CT molecular complexity index is 675. The molecule has 0 amide bonds. The highest BCUT2D eigenvalue weighted by Crippen LogP contribution is 2.37. The molecule has 0 N–H and O–H groups in total. The average molecular weight is 354 g/mol. The van der Waals surface area contributed by atoms with Crippen LogP contribution in [0.3, 0.4) is 0 Å². The third kappa shape index (κ3) is 2.03. The Morgan fingerprint density at radius 1 is 1.50 bits per heavy atom. The van der Waals surface area contributed by atoms with Crippen LogP contribution in [0.5, 0.6) is 0 Å². The fraction of sp³-hybridized carbons (Fsp3) is 0.286. The van der Waals surface area contributed by atoms with E-state index < -0.39 is 0 Å². The lowest BCUT2D eigenvalue weighted by Gasteiger charge is -2.06. The number of aromatic nitrogens is 1. The number of hydrogen-bond donors (Lipinski definition) is 0. The molecule has 1 atom stereocenters. The number of carbonyl (C=O) groups is 2. The van der Waals surface area contributed by atoms with Crippen LogP contribution in [-0.4, -0.2) is 23.4 Å². The minimum atomic E-state index is -0.277. The number of halogens is 1. The van der Waals surface area contributed by atoms with Crippen LogP contribution >= 0.6 is 27.3 Å². The molecule has 104 valence electrons. The smallest absolute Gasteiger partial charge is 0.314 e. The number of ether oxygens (including phenoxy) is 1. The Balaban J connectivity index is 2.03. The summed E-state index contributed by atoms with van der Waals surface area (Å²) in [5.74, 6) is -0.534. The molecule has 20 heavy (non-hydrogen) atoms. The second-order valence-electron chi connectivity index (χ2n) is 4.59. The van der Waals surface area contributed by atoms with Crippen LogP contribution < -0.4 is 0 Å². The van der Waals surface area contributed by atoms with Crippen LogP contribution in [0.25, 0.3) is 0 Å². The molecule has 0 bridgehead atoms. The SMILES string of the molecule is COC(=O)C1CCn2c1cc(Br)c2C(=O)c1cccs1. The molecule has 0 fully saturated rings. The third-order valence-electron chi connectivity index (χ3n) is 3.53. The Labute approximate surface area is 128 Å². The molecule has 1 aliphatic heterocycles. The molecule has 0 aromatic carbocycles. The van der Waals surface area contributed by atoms with Crippen molar-refractivity contribution in [2.24, 2.45) is 0 Å². The Kier molecular flexibility index (Phi) is 3.52. The van der Waals surface area contributed by atoms with Crippen molar-refractivity contribution in [3.8, 4) is 0 Å². The first kappa shape index (κ1) is 13.6. The number of rotatable bonds is 3. The second kappa shape index (κ2) is 5.18. The molecule has 2 aromatic heterocycles. The van der Waals surface area contributed by atoms with E-state index in [0.717, 1.165) is 10.2 Å². The standard InChI is InChI=1S/C14H12BrNO3S/c1-19-14(18)8-4-5-16-10(8)7-9(15)12(16)13(17)11-3-2-6-20-11/h2-3,6-8H,4-5H2,1H3. The van der Waals surface area contributed by atoms with Crippen LogP contribution in [0.1, 0.15) is 33.4 Å². The molecule has 0 radical (unpaired) electrons. The highest BCUT2D eigenvalue weighted by Gasteiger charge is 2.34. The van der Waals surface area contributed by atoms with Gasteiger partial charge in [0, 0.05) is 16.7 Å². The van der Waals surface area contributed by atoms with E-state index in [1.807, 2.05) is 28.1 Å². The summed E-state index contributed by atoms with van der Waals surface area (Å²) in [6, 6.07) is 5.53. The molecule has 0 saturated heterocycles. The first-order valence-electron chi connectivity index (χ1n) is 6.18. The number of esters is 1. The lowest BCUT2D eigenvalue weighted by atomic mass is 10.1. The maximum Gasteiger partial charge on any atom is 0.314 e. The zero-order valence-electron chi connectivity index (χ0n) is 10.8. The summed E-state index contributed by atoms with van der Waals surface area (Å²) in [7, 11) is 1.39. The zero-order chi connectivity index (χ0) is 14.3. The van der Waals surface area contributed by atoms with Gasteiger partial charge in [0.25, 0.3) is 0 Å². The normalized spacial score (nSPS) is 17.0. The van der Waals surface area contributed by atoms with Gasteiger partial charge in [-0.25, -0.2) is 0 Å². The van der Waals surface area contributed by atoms with Gasteiger partial charge in [0.15, 0.2) is 0 Å². The molecule has 4 nitrogen and oxygen atoms in total. The van der Waals surface area contributed by atoms with Gasteiger partial charge in [-0.1, -0.05) is 6.07 Å². The van der Waals surface area contributed by atoms with Crippen LogP contribution in [0.2, 0.25) is 0 Å². The summed E-state index contributed by atoms with van der Waals surface area (Å²) in [5.41, 5.74) is 1.47. The van der Waals surface area contributed by atoms with Gasteiger partial charge in [0.05, 0.1) is 17.9 Å². The van der Waals surface area contributed by atoms with Gasteiger partial charge in [-0.05, 0) is 39.9 Å². The maximum absolute atomic E-state index is 12.5. The van der Waals surface area contributed by atoms with Crippen molar-refractivity contribution in [1.29, 1.82) is 0 Å². The van der Waals surface area contributed by atoms with Crippen molar-refractivity contribution in [3.05, 3.63) is 44.3 Å². The number of thiophene rings is 1. The number of ketones is 1. The number of methoxy groups -OCH3 is 1. The molecule has 0 spiro atoms. The highest BCUT2D eigenvalue weighted by molar-refractivity contribution is 9.10. The minimum absolute atomic E-state index is 0.0105. The van der Waals surface area contributed by atoms with E-state index in [4.69, 9.17) is 4.74 Å². The van der Waals surface area contributed by atoms with Crippen molar-refractivity contribution >= 4 is 39.0 Å². The van der Waals surface area contributed by atoms with Crippen molar-refractivity contribution in [2.75, 3.05) is 7.11 Å². The van der Waals surface area contributed by atoms with Gasteiger partial charge >= 0.3 is 5.97 Å². The predicted octanol–water partition coefficient (Wildman–Crippen LogP) is 3.20. The number of fused-ring (bicyclic) bond motifs is 1. The van der Waals surface area contributed by atoms with Crippen LogP contribution in [-0.2, 0) is 16.1 Å². The highest BCUT2D eigenvalue weighted by atomic mass is 79.9. The lowest BCUT2D eigenvalue weighted by Crippen LogP contribution is -2.11. The monoisotopic (exact) mass is 353 g/mol. The summed E-state index contributed by atoms with van der Waals surface area (Å²) < 4.78 is 7.48. The molecular weight excluding hydrogens is 342 g/mol. The van der Waals surface area contributed by atoms with Crippen molar-refractivity contribution < 1.29 is 14.3 Å². The fourth-order valence-electron chi connectivity index (χ4n) is 2.61. The van der Waals surface area contributed by atoms with Crippen molar-refractivity contribution in [3.63, 3.8) is 0 Å². The van der Waals surface area contributed by atoms with E-state index in [0.29, 0.717) is 23.5 Å². The Morgan fingerprint density at radius 3 is 2.95 bits per heavy atom. The van der Waals surface area contributed by atoms with Crippen LogP contribution in [0.4, 0.5) is 0 Å². The van der Waals surface area contributed by atoms with Crippen molar-refractivity contribution in [1.82, 2.24) is 4.57 Å². The largest absolute Gasteiger partial charge is 0.469 e. The van der Waals surface area contributed by atoms with E-state index in [-0.39, 0.29) is 17.7 Å².